The minimum atomic E-state index is -0.0207. The van der Waals surface area contributed by atoms with Crippen molar-refractivity contribution in [2.45, 2.75) is 10.9 Å². The first-order valence-electron chi connectivity index (χ1n) is 5.96. The molecule has 0 bridgehead atoms. The third-order valence-electron chi connectivity index (χ3n) is 2.86. The second-order valence-electron chi connectivity index (χ2n) is 4.07. The number of thioether (sulfide) groups is 1. The van der Waals surface area contributed by atoms with Crippen LogP contribution in [0, 0.1) is 0 Å². The number of benzene rings is 1. The van der Waals surface area contributed by atoms with Crippen LogP contribution in [0.3, 0.4) is 0 Å². The van der Waals surface area contributed by atoms with E-state index in [9.17, 15) is 0 Å². The van der Waals surface area contributed by atoms with E-state index in [0.717, 1.165) is 17.2 Å². The molecule has 1 heterocycles. The van der Waals surface area contributed by atoms with Gasteiger partial charge >= 0.3 is 0 Å². The normalized spacial score (nSPS) is 12.4. The predicted octanol–water partition coefficient (Wildman–Crippen LogP) is 1.73. The zero-order valence-electron chi connectivity index (χ0n) is 11.0. The largest absolute Gasteiger partial charge is 0.493 e. The van der Waals surface area contributed by atoms with Crippen molar-refractivity contribution >= 4 is 11.8 Å². The summed E-state index contributed by atoms with van der Waals surface area (Å²) in [6, 6.07) is 10.2. The van der Waals surface area contributed by atoms with Gasteiger partial charge in [0.1, 0.15) is 0 Å². The van der Waals surface area contributed by atoms with E-state index < -0.39 is 0 Å². The number of hydrogen-bond donors (Lipinski definition) is 2. The number of nitrogens with two attached hydrogens (primary N) is 1. The Kier molecular flexibility index (Phi) is 4.84. The SMILES string of the molecule is COc1cnn(C)c1C(CSc1ccccc1)NN. The zero-order chi connectivity index (χ0) is 13.7. The summed E-state index contributed by atoms with van der Waals surface area (Å²) in [6.07, 6.45) is 1.70. The monoisotopic (exact) mass is 278 g/mol. The van der Waals surface area contributed by atoms with Crippen molar-refractivity contribution in [2.75, 3.05) is 12.9 Å². The van der Waals surface area contributed by atoms with Gasteiger partial charge in [0.15, 0.2) is 5.75 Å². The predicted molar refractivity (Wildman–Crippen MR) is 77.0 cm³/mol. The summed E-state index contributed by atoms with van der Waals surface area (Å²) in [5, 5.41) is 4.20. The molecule has 5 nitrogen and oxygen atoms in total. The van der Waals surface area contributed by atoms with E-state index in [4.69, 9.17) is 10.6 Å². The third-order valence-corrected chi connectivity index (χ3v) is 3.97. The van der Waals surface area contributed by atoms with Gasteiger partial charge in [-0.3, -0.25) is 16.0 Å². The second-order valence-corrected chi connectivity index (χ2v) is 5.16. The van der Waals surface area contributed by atoms with Crippen LogP contribution in [0.4, 0.5) is 0 Å². The Morgan fingerprint density at radius 1 is 1.42 bits per heavy atom. The molecule has 0 aliphatic rings. The van der Waals surface area contributed by atoms with Crippen molar-refractivity contribution < 1.29 is 4.74 Å². The molecule has 0 spiro atoms. The Labute approximate surface area is 117 Å². The van der Waals surface area contributed by atoms with E-state index in [0.29, 0.717) is 0 Å². The van der Waals surface area contributed by atoms with Gasteiger partial charge in [-0.1, -0.05) is 18.2 Å². The Morgan fingerprint density at radius 3 is 2.79 bits per heavy atom. The molecule has 0 aliphatic carbocycles. The molecule has 6 heteroatoms. The lowest BCUT2D eigenvalue weighted by atomic mass is 10.2. The number of rotatable bonds is 6. The molecule has 2 aromatic rings. The number of aryl methyl sites for hydroxylation is 1. The summed E-state index contributed by atoms with van der Waals surface area (Å²) in [6.45, 7) is 0. The summed E-state index contributed by atoms with van der Waals surface area (Å²) in [7, 11) is 3.52. The van der Waals surface area contributed by atoms with Gasteiger partial charge in [-0.25, -0.2) is 0 Å². The van der Waals surface area contributed by atoms with Gasteiger partial charge < -0.3 is 4.74 Å². The highest BCUT2D eigenvalue weighted by Crippen LogP contribution is 2.29. The number of nitrogens with zero attached hydrogens (tertiary/aromatic N) is 2. The van der Waals surface area contributed by atoms with E-state index >= 15 is 0 Å². The Morgan fingerprint density at radius 2 is 2.16 bits per heavy atom. The van der Waals surface area contributed by atoms with E-state index in [1.54, 1.807) is 29.8 Å². The molecule has 0 saturated heterocycles. The fourth-order valence-corrected chi connectivity index (χ4v) is 2.85. The molecule has 102 valence electrons. The first-order valence-corrected chi connectivity index (χ1v) is 6.94. The van der Waals surface area contributed by atoms with Crippen LogP contribution in [0.5, 0.6) is 5.75 Å². The van der Waals surface area contributed by atoms with Crippen LogP contribution in [-0.4, -0.2) is 22.6 Å². The van der Waals surface area contributed by atoms with Crippen LogP contribution in [-0.2, 0) is 7.05 Å². The molecule has 0 saturated carbocycles. The average Bonchev–Trinajstić information content (AvgIpc) is 2.82. The Balaban J connectivity index is 2.10. The molecule has 1 atom stereocenters. The average molecular weight is 278 g/mol. The summed E-state index contributed by atoms with van der Waals surface area (Å²) in [5.41, 5.74) is 3.78. The summed E-state index contributed by atoms with van der Waals surface area (Å²) in [4.78, 5) is 1.21. The lowest BCUT2D eigenvalue weighted by Gasteiger charge is -2.17. The van der Waals surface area contributed by atoms with E-state index in [1.165, 1.54) is 4.90 Å². The molecule has 0 radical (unpaired) electrons. The smallest absolute Gasteiger partial charge is 0.161 e. The highest BCUT2D eigenvalue weighted by atomic mass is 32.2. The van der Waals surface area contributed by atoms with Gasteiger partial charge in [0, 0.05) is 17.7 Å². The topological polar surface area (TPSA) is 65.1 Å². The quantitative estimate of drug-likeness (QED) is 0.478. The maximum atomic E-state index is 5.66. The van der Waals surface area contributed by atoms with Crippen molar-refractivity contribution in [3.8, 4) is 5.75 Å². The fourth-order valence-electron chi connectivity index (χ4n) is 1.88. The van der Waals surface area contributed by atoms with Crippen molar-refractivity contribution in [2.24, 2.45) is 12.9 Å². The van der Waals surface area contributed by atoms with E-state index in [1.807, 2.05) is 25.2 Å². The van der Waals surface area contributed by atoms with Crippen LogP contribution < -0.4 is 16.0 Å². The maximum absolute atomic E-state index is 5.66. The summed E-state index contributed by atoms with van der Waals surface area (Å²) >= 11 is 1.74. The summed E-state index contributed by atoms with van der Waals surface area (Å²) in [5.74, 6) is 7.21. The first kappa shape index (κ1) is 13.9. The molecule has 3 N–H and O–H groups in total. The van der Waals surface area contributed by atoms with Gasteiger partial charge in [0.05, 0.1) is 25.0 Å². The number of hydrogen-bond acceptors (Lipinski definition) is 5. The Bertz CT molecular complexity index is 515. The first-order chi connectivity index (χ1) is 9.26. The van der Waals surface area contributed by atoms with Crippen LogP contribution >= 0.6 is 11.8 Å². The standard InChI is InChI=1S/C13H18N4OS/c1-17-13(12(18-2)8-15-17)11(16-14)9-19-10-6-4-3-5-7-10/h3-8,11,16H,9,14H2,1-2H3. The van der Waals surface area contributed by atoms with Crippen molar-refractivity contribution in [3.63, 3.8) is 0 Å². The van der Waals surface area contributed by atoms with Gasteiger partial charge in [0.2, 0.25) is 0 Å². The molecular formula is C13H18N4OS. The second kappa shape index (κ2) is 6.60. The van der Waals surface area contributed by atoms with Gasteiger partial charge in [-0.15, -0.1) is 11.8 Å². The molecule has 0 amide bonds. The van der Waals surface area contributed by atoms with Crippen molar-refractivity contribution in [1.82, 2.24) is 15.2 Å². The van der Waals surface area contributed by atoms with Crippen LogP contribution in [0.15, 0.2) is 41.4 Å². The minimum absolute atomic E-state index is 0.0207. The Hall–Kier alpha value is -1.50. The number of nitrogens with one attached hydrogen (secondary N) is 1. The molecule has 1 unspecified atom stereocenters. The minimum Gasteiger partial charge on any atom is -0.493 e. The van der Waals surface area contributed by atoms with E-state index in [2.05, 4.69) is 22.7 Å². The van der Waals surface area contributed by atoms with Gasteiger partial charge in [0.25, 0.3) is 0 Å². The van der Waals surface area contributed by atoms with E-state index in [-0.39, 0.29) is 6.04 Å². The van der Waals surface area contributed by atoms with Crippen molar-refractivity contribution in [3.05, 3.63) is 42.2 Å². The molecular weight excluding hydrogens is 260 g/mol. The molecule has 2 rings (SSSR count). The maximum Gasteiger partial charge on any atom is 0.161 e. The molecule has 0 aliphatic heterocycles. The van der Waals surface area contributed by atoms with Crippen LogP contribution in [0.25, 0.3) is 0 Å². The molecule has 1 aromatic carbocycles. The van der Waals surface area contributed by atoms with Crippen LogP contribution in [0.1, 0.15) is 11.7 Å². The highest BCUT2D eigenvalue weighted by Gasteiger charge is 2.19. The van der Waals surface area contributed by atoms with Crippen LogP contribution in [0.2, 0.25) is 0 Å². The number of ether oxygens (including phenoxy) is 1. The van der Waals surface area contributed by atoms with Crippen molar-refractivity contribution in [1.29, 1.82) is 0 Å². The lowest BCUT2D eigenvalue weighted by Crippen LogP contribution is -2.31. The number of hydrazine groups is 1. The molecule has 1 aromatic heterocycles. The number of methoxy groups -OCH3 is 1. The van der Waals surface area contributed by atoms with Gasteiger partial charge in [-0.2, -0.15) is 5.10 Å². The zero-order valence-corrected chi connectivity index (χ0v) is 11.9. The third kappa shape index (κ3) is 3.28. The number of aromatic nitrogens is 2. The molecule has 19 heavy (non-hydrogen) atoms. The highest BCUT2D eigenvalue weighted by molar-refractivity contribution is 7.99. The molecule has 0 fully saturated rings. The lowest BCUT2D eigenvalue weighted by molar-refractivity contribution is 0.399. The fraction of sp³-hybridized carbons (Fsp3) is 0.308. The summed E-state index contributed by atoms with van der Waals surface area (Å²) < 4.78 is 7.10. The van der Waals surface area contributed by atoms with Gasteiger partial charge in [-0.05, 0) is 12.1 Å².